The fraction of sp³-hybridized carbons (Fsp3) is 0.222. The zero-order valence-corrected chi connectivity index (χ0v) is 16.2. The summed E-state index contributed by atoms with van der Waals surface area (Å²) in [5, 5.41) is 12.4. The molecule has 3 heterocycles. The van der Waals surface area contributed by atoms with Gasteiger partial charge in [-0.3, -0.25) is 0 Å². The van der Waals surface area contributed by atoms with Gasteiger partial charge in [0.05, 0.1) is 11.5 Å². The van der Waals surface area contributed by atoms with Crippen LogP contribution in [0.15, 0.2) is 52.7 Å². The quantitative estimate of drug-likeness (QED) is 0.656. The van der Waals surface area contributed by atoms with Crippen LogP contribution < -0.4 is 9.46 Å². The van der Waals surface area contributed by atoms with Gasteiger partial charge in [0.25, 0.3) is 0 Å². The molecule has 1 aromatic carbocycles. The molecule has 0 spiro atoms. The predicted molar refractivity (Wildman–Crippen MR) is 103 cm³/mol. The van der Waals surface area contributed by atoms with E-state index in [4.69, 9.17) is 4.74 Å². The first kappa shape index (κ1) is 17.7. The van der Waals surface area contributed by atoms with Gasteiger partial charge in [0, 0.05) is 27.6 Å². The molecule has 0 aliphatic carbocycles. The van der Waals surface area contributed by atoms with Gasteiger partial charge >= 0.3 is 0 Å². The maximum Gasteiger partial charge on any atom is 0.240 e. The van der Waals surface area contributed by atoms with Crippen LogP contribution in [0.4, 0.5) is 0 Å². The molecule has 1 aliphatic rings. The van der Waals surface area contributed by atoms with Crippen molar-refractivity contribution in [2.75, 3.05) is 13.2 Å². The Bertz CT molecular complexity index is 1010. The van der Waals surface area contributed by atoms with E-state index in [2.05, 4.69) is 4.72 Å². The Morgan fingerprint density at radius 2 is 2.08 bits per heavy atom. The van der Waals surface area contributed by atoms with Crippen LogP contribution in [0, 0.1) is 0 Å². The number of benzene rings is 1. The molecule has 26 heavy (non-hydrogen) atoms. The molecule has 0 fully saturated rings. The van der Waals surface area contributed by atoms with Gasteiger partial charge in [-0.05, 0) is 47.3 Å². The molecule has 0 amide bonds. The number of sulfonamides is 1. The lowest BCUT2D eigenvalue weighted by atomic mass is 10.2. The molecule has 2 aromatic heterocycles. The van der Waals surface area contributed by atoms with Gasteiger partial charge in [0.2, 0.25) is 10.0 Å². The lowest BCUT2D eigenvalue weighted by Crippen LogP contribution is -2.28. The second kappa shape index (κ2) is 7.13. The van der Waals surface area contributed by atoms with Crippen LogP contribution in [0.5, 0.6) is 5.75 Å². The molecule has 0 saturated heterocycles. The maximum absolute atomic E-state index is 12.5. The molecule has 0 radical (unpaired) electrons. The summed E-state index contributed by atoms with van der Waals surface area (Å²) in [6, 6.07) is 12.6. The highest BCUT2D eigenvalue weighted by Crippen LogP contribution is 2.34. The van der Waals surface area contributed by atoms with Crippen molar-refractivity contribution < 1.29 is 18.3 Å². The van der Waals surface area contributed by atoms with Crippen molar-refractivity contribution in [3.63, 3.8) is 0 Å². The van der Waals surface area contributed by atoms with Crippen molar-refractivity contribution in [2.24, 2.45) is 0 Å². The number of rotatable bonds is 6. The summed E-state index contributed by atoms with van der Waals surface area (Å²) in [7, 11) is -3.68. The Morgan fingerprint density at radius 3 is 2.88 bits per heavy atom. The summed E-state index contributed by atoms with van der Waals surface area (Å²) >= 11 is 3.10. The topological polar surface area (TPSA) is 75.6 Å². The van der Waals surface area contributed by atoms with E-state index in [0.29, 0.717) is 13.0 Å². The Kier molecular flexibility index (Phi) is 4.85. The fourth-order valence-electron chi connectivity index (χ4n) is 2.79. The number of hydrogen-bond donors (Lipinski definition) is 2. The third-order valence-corrected chi connectivity index (χ3v) is 7.83. The smallest absolute Gasteiger partial charge is 0.240 e. The zero-order chi connectivity index (χ0) is 18.1. The van der Waals surface area contributed by atoms with Gasteiger partial charge in [0.15, 0.2) is 0 Å². The van der Waals surface area contributed by atoms with Crippen molar-refractivity contribution in [1.82, 2.24) is 4.72 Å². The molecule has 5 nitrogen and oxygen atoms in total. The van der Waals surface area contributed by atoms with E-state index in [1.165, 1.54) is 17.4 Å². The largest absolute Gasteiger partial charge is 0.493 e. The van der Waals surface area contributed by atoms with Crippen LogP contribution in [-0.2, 0) is 16.4 Å². The van der Waals surface area contributed by atoms with Crippen LogP contribution in [-0.4, -0.2) is 26.7 Å². The van der Waals surface area contributed by atoms with Crippen molar-refractivity contribution >= 4 is 32.7 Å². The molecular formula is C18H17NO4S3. The Hall–Kier alpha value is -1.71. The Morgan fingerprint density at radius 1 is 1.19 bits per heavy atom. The van der Waals surface area contributed by atoms with Gasteiger partial charge in [-0.25, -0.2) is 13.1 Å². The van der Waals surface area contributed by atoms with E-state index >= 15 is 0 Å². The molecule has 4 rings (SSSR count). The lowest BCUT2D eigenvalue weighted by molar-refractivity contribution is 0.186. The number of thiophene rings is 2. The lowest BCUT2D eigenvalue weighted by Gasteiger charge is -2.11. The second-order valence-corrected chi connectivity index (χ2v) is 9.75. The number of ether oxygens (including phenoxy) is 1. The standard InChI is InChI=1S/C18H17NO4S3/c20-14(16-5-6-18(25-16)17-2-1-9-24-17)11-19-26(21,22)13-3-4-15-12(10-13)7-8-23-15/h1-6,9-10,14,19-20H,7-8,11H2/t14-/m1/s1. The average molecular weight is 408 g/mol. The third-order valence-electron chi connectivity index (χ3n) is 4.16. The minimum Gasteiger partial charge on any atom is -0.493 e. The zero-order valence-electron chi connectivity index (χ0n) is 13.7. The molecule has 0 unspecified atom stereocenters. The van der Waals surface area contributed by atoms with Crippen molar-refractivity contribution in [1.29, 1.82) is 0 Å². The van der Waals surface area contributed by atoms with Crippen LogP contribution in [0.3, 0.4) is 0 Å². The molecule has 1 atom stereocenters. The van der Waals surface area contributed by atoms with Gasteiger partial charge in [-0.2, -0.15) is 0 Å². The fourth-order valence-corrected chi connectivity index (χ4v) is 5.70. The minimum atomic E-state index is -3.68. The van der Waals surface area contributed by atoms with E-state index < -0.39 is 16.1 Å². The first-order valence-corrected chi connectivity index (χ1v) is 11.3. The number of nitrogens with one attached hydrogen (secondary N) is 1. The van der Waals surface area contributed by atoms with Crippen molar-refractivity contribution in [3.05, 3.63) is 58.3 Å². The van der Waals surface area contributed by atoms with E-state index in [1.807, 2.05) is 29.6 Å². The van der Waals surface area contributed by atoms with Crippen LogP contribution in [0.1, 0.15) is 16.5 Å². The normalized spacial score (nSPS) is 14.8. The van der Waals surface area contributed by atoms with Crippen molar-refractivity contribution in [3.8, 4) is 15.5 Å². The highest BCUT2D eigenvalue weighted by molar-refractivity contribution is 7.89. The Labute approximate surface area is 159 Å². The maximum atomic E-state index is 12.5. The molecule has 2 N–H and O–H groups in total. The molecule has 3 aromatic rings. The molecule has 1 aliphatic heterocycles. The van der Waals surface area contributed by atoms with E-state index in [-0.39, 0.29) is 11.4 Å². The van der Waals surface area contributed by atoms with E-state index in [9.17, 15) is 13.5 Å². The highest BCUT2D eigenvalue weighted by Gasteiger charge is 2.21. The van der Waals surface area contributed by atoms with Gasteiger partial charge < -0.3 is 9.84 Å². The van der Waals surface area contributed by atoms with Crippen LogP contribution in [0.25, 0.3) is 9.75 Å². The van der Waals surface area contributed by atoms with Crippen LogP contribution in [0.2, 0.25) is 0 Å². The predicted octanol–water partition coefficient (Wildman–Crippen LogP) is 3.42. The molecule has 8 heteroatoms. The number of aliphatic hydroxyl groups is 1. The van der Waals surface area contributed by atoms with Crippen LogP contribution >= 0.6 is 22.7 Å². The number of fused-ring (bicyclic) bond motifs is 1. The SMILES string of the molecule is O=S(=O)(NC[C@@H](O)c1ccc(-c2cccs2)s1)c1ccc2c(c1)CCO2. The number of aliphatic hydroxyl groups excluding tert-OH is 1. The first-order chi connectivity index (χ1) is 12.5. The van der Waals surface area contributed by atoms with E-state index in [1.54, 1.807) is 23.5 Å². The summed E-state index contributed by atoms with van der Waals surface area (Å²) in [4.78, 5) is 3.13. The molecular weight excluding hydrogens is 390 g/mol. The summed E-state index contributed by atoms with van der Waals surface area (Å²) in [6.07, 6.45) is -0.177. The summed E-state index contributed by atoms with van der Waals surface area (Å²) in [5.41, 5.74) is 0.896. The minimum absolute atomic E-state index is 0.0691. The van der Waals surface area contributed by atoms with Gasteiger partial charge in [-0.1, -0.05) is 6.07 Å². The molecule has 0 saturated carbocycles. The van der Waals surface area contributed by atoms with Gasteiger partial charge in [0.1, 0.15) is 11.9 Å². The first-order valence-electron chi connectivity index (χ1n) is 8.10. The number of hydrogen-bond acceptors (Lipinski definition) is 6. The average Bonchev–Trinajstić information content (AvgIpc) is 3.39. The summed E-state index contributed by atoms with van der Waals surface area (Å²) in [6.45, 7) is 0.510. The second-order valence-electron chi connectivity index (χ2n) is 5.92. The van der Waals surface area contributed by atoms with Gasteiger partial charge in [-0.15, -0.1) is 22.7 Å². The molecule has 0 bridgehead atoms. The van der Waals surface area contributed by atoms with E-state index in [0.717, 1.165) is 25.9 Å². The third kappa shape index (κ3) is 3.56. The summed E-state index contributed by atoms with van der Waals surface area (Å²) in [5.74, 6) is 0.740. The Balaban J connectivity index is 1.44. The summed E-state index contributed by atoms with van der Waals surface area (Å²) < 4.78 is 32.9. The monoisotopic (exact) mass is 407 g/mol. The van der Waals surface area contributed by atoms with Crippen molar-refractivity contribution in [2.45, 2.75) is 17.4 Å². The molecule has 136 valence electrons. The highest BCUT2D eigenvalue weighted by atomic mass is 32.2.